The average molecular weight is 198 g/mol. The molecule has 1 atom stereocenters. The van der Waals surface area contributed by atoms with E-state index in [1.807, 2.05) is 4.90 Å². The second-order valence-electron chi connectivity index (χ2n) is 4.13. The zero-order chi connectivity index (χ0) is 9.97. The van der Waals surface area contributed by atoms with Gasteiger partial charge in [0.1, 0.15) is 6.10 Å². The number of carbonyl (C=O) groups is 1. The number of amides is 1. The summed E-state index contributed by atoms with van der Waals surface area (Å²) < 4.78 is 5.39. The molecule has 0 spiro atoms. The third-order valence-corrected chi connectivity index (χ3v) is 3.02. The fraction of sp³-hybridized carbons (Fsp3) is 0.900. The molecule has 0 aliphatic carbocycles. The molecule has 0 saturated carbocycles. The molecule has 2 aliphatic heterocycles. The standard InChI is InChI=1S/C10H18N2O2/c1-11-4-6-12(7-5-11)10(13)9-3-2-8-14-9/h9H,2-8H2,1H3/t9-/m1/s1. The molecule has 2 saturated heterocycles. The van der Waals surface area contributed by atoms with E-state index in [0.717, 1.165) is 45.6 Å². The van der Waals surface area contributed by atoms with E-state index in [9.17, 15) is 4.79 Å². The summed E-state index contributed by atoms with van der Waals surface area (Å²) in [4.78, 5) is 16.1. The van der Waals surface area contributed by atoms with Crippen LogP contribution < -0.4 is 0 Å². The van der Waals surface area contributed by atoms with Crippen molar-refractivity contribution in [2.45, 2.75) is 18.9 Å². The van der Waals surface area contributed by atoms with Crippen molar-refractivity contribution in [2.75, 3.05) is 39.8 Å². The topological polar surface area (TPSA) is 32.8 Å². The summed E-state index contributed by atoms with van der Waals surface area (Å²) in [6, 6.07) is 0. The van der Waals surface area contributed by atoms with Crippen LogP contribution in [0.4, 0.5) is 0 Å². The van der Waals surface area contributed by atoms with E-state index >= 15 is 0 Å². The highest BCUT2D eigenvalue weighted by atomic mass is 16.5. The summed E-state index contributed by atoms with van der Waals surface area (Å²) in [5, 5.41) is 0. The summed E-state index contributed by atoms with van der Waals surface area (Å²) in [5.41, 5.74) is 0. The Morgan fingerprint density at radius 3 is 2.57 bits per heavy atom. The van der Waals surface area contributed by atoms with Gasteiger partial charge in [-0.1, -0.05) is 0 Å². The minimum atomic E-state index is -0.140. The lowest BCUT2D eigenvalue weighted by atomic mass is 10.2. The van der Waals surface area contributed by atoms with Gasteiger partial charge in [-0.05, 0) is 19.9 Å². The molecule has 80 valence electrons. The largest absolute Gasteiger partial charge is 0.368 e. The summed E-state index contributed by atoms with van der Waals surface area (Å²) in [6.07, 6.45) is 1.80. The third-order valence-electron chi connectivity index (χ3n) is 3.02. The number of rotatable bonds is 1. The third kappa shape index (κ3) is 2.07. The molecule has 2 rings (SSSR count). The zero-order valence-electron chi connectivity index (χ0n) is 8.74. The van der Waals surface area contributed by atoms with Crippen molar-refractivity contribution < 1.29 is 9.53 Å². The van der Waals surface area contributed by atoms with Crippen LogP contribution in [0.3, 0.4) is 0 Å². The van der Waals surface area contributed by atoms with Gasteiger partial charge in [0.2, 0.25) is 0 Å². The first-order valence-corrected chi connectivity index (χ1v) is 5.36. The molecular formula is C10H18N2O2. The molecule has 0 N–H and O–H groups in total. The van der Waals surface area contributed by atoms with E-state index in [4.69, 9.17) is 4.74 Å². The minimum absolute atomic E-state index is 0.140. The second-order valence-corrected chi connectivity index (χ2v) is 4.13. The Labute approximate surface area is 84.8 Å². The van der Waals surface area contributed by atoms with E-state index in [-0.39, 0.29) is 12.0 Å². The average Bonchev–Trinajstić information content (AvgIpc) is 2.71. The van der Waals surface area contributed by atoms with Crippen molar-refractivity contribution in [1.29, 1.82) is 0 Å². The molecule has 0 bridgehead atoms. The molecule has 2 aliphatic rings. The number of hydrogen-bond acceptors (Lipinski definition) is 3. The Morgan fingerprint density at radius 1 is 1.29 bits per heavy atom. The molecule has 1 amide bonds. The van der Waals surface area contributed by atoms with Crippen LogP contribution in [0.15, 0.2) is 0 Å². The van der Waals surface area contributed by atoms with Crippen LogP contribution in [0.5, 0.6) is 0 Å². The lowest BCUT2D eigenvalue weighted by molar-refractivity contribution is -0.142. The van der Waals surface area contributed by atoms with Gasteiger partial charge < -0.3 is 14.5 Å². The number of piperazine rings is 1. The normalized spacial score (nSPS) is 29.5. The van der Waals surface area contributed by atoms with Gasteiger partial charge in [0, 0.05) is 32.8 Å². The van der Waals surface area contributed by atoms with Crippen LogP contribution >= 0.6 is 0 Å². The molecule has 0 aromatic heterocycles. The molecule has 14 heavy (non-hydrogen) atoms. The molecule has 4 nitrogen and oxygen atoms in total. The van der Waals surface area contributed by atoms with Crippen molar-refractivity contribution in [1.82, 2.24) is 9.80 Å². The monoisotopic (exact) mass is 198 g/mol. The highest BCUT2D eigenvalue weighted by molar-refractivity contribution is 5.81. The first-order valence-electron chi connectivity index (χ1n) is 5.36. The first kappa shape index (κ1) is 9.93. The van der Waals surface area contributed by atoms with Crippen molar-refractivity contribution >= 4 is 5.91 Å². The Kier molecular flexibility index (Phi) is 3.03. The van der Waals surface area contributed by atoms with E-state index in [1.54, 1.807) is 0 Å². The van der Waals surface area contributed by atoms with E-state index < -0.39 is 0 Å². The predicted octanol–water partition coefficient (Wildman–Crippen LogP) is -0.0606. The number of hydrogen-bond donors (Lipinski definition) is 0. The van der Waals surface area contributed by atoms with Crippen molar-refractivity contribution in [2.24, 2.45) is 0 Å². The Balaban J connectivity index is 1.85. The Morgan fingerprint density at radius 2 is 2.00 bits per heavy atom. The summed E-state index contributed by atoms with van der Waals surface area (Å²) in [7, 11) is 2.09. The van der Waals surface area contributed by atoms with Crippen LogP contribution in [0, 0.1) is 0 Å². The highest BCUT2D eigenvalue weighted by Crippen LogP contribution is 2.15. The number of ether oxygens (including phenoxy) is 1. The number of likely N-dealkylation sites (N-methyl/N-ethyl adjacent to an activating group) is 1. The second kappa shape index (κ2) is 4.28. The predicted molar refractivity (Wildman–Crippen MR) is 53.1 cm³/mol. The van der Waals surface area contributed by atoms with Crippen LogP contribution in [0.25, 0.3) is 0 Å². The molecule has 2 heterocycles. The minimum Gasteiger partial charge on any atom is -0.368 e. The number of carbonyl (C=O) groups excluding carboxylic acids is 1. The van der Waals surface area contributed by atoms with Crippen LogP contribution in [-0.4, -0.2) is 61.6 Å². The Bertz CT molecular complexity index is 206. The molecule has 0 radical (unpaired) electrons. The van der Waals surface area contributed by atoms with Crippen LogP contribution in [0.1, 0.15) is 12.8 Å². The highest BCUT2D eigenvalue weighted by Gasteiger charge is 2.29. The van der Waals surface area contributed by atoms with E-state index in [1.165, 1.54) is 0 Å². The smallest absolute Gasteiger partial charge is 0.251 e. The van der Waals surface area contributed by atoms with Crippen molar-refractivity contribution in [3.63, 3.8) is 0 Å². The zero-order valence-corrected chi connectivity index (χ0v) is 8.74. The molecule has 2 fully saturated rings. The van der Waals surface area contributed by atoms with Crippen LogP contribution in [-0.2, 0) is 9.53 Å². The molecule has 0 aromatic rings. The van der Waals surface area contributed by atoms with Crippen molar-refractivity contribution in [3.05, 3.63) is 0 Å². The first-order chi connectivity index (χ1) is 6.77. The Hall–Kier alpha value is -0.610. The molecule has 4 heteroatoms. The number of nitrogens with zero attached hydrogens (tertiary/aromatic N) is 2. The maximum Gasteiger partial charge on any atom is 0.251 e. The molecular weight excluding hydrogens is 180 g/mol. The summed E-state index contributed by atoms with van der Waals surface area (Å²) >= 11 is 0. The van der Waals surface area contributed by atoms with Gasteiger partial charge in [-0.3, -0.25) is 4.79 Å². The van der Waals surface area contributed by atoms with Crippen molar-refractivity contribution in [3.8, 4) is 0 Å². The SMILES string of the molecule is CN1CCN(C(=O)[C@H]2CCCO2)CC1. The van der Waals surface area contributed by atoms with Gasteiger partial charge in [-0.2, -0.15) is 0 Å². The van der Waals surface area contributed by atoms with Gasteiger partial charge in [0.15, 0.2) is 0 Å². The van der Waals surface area contributed by atoms with Crippen LogP contribution in [0.2, 0.25) is 0 Å². The fourth-order valence-electron chi connectivity index (χ4n) is 2.00. The van der Waals surface area contributed by atoms with E-state index in [0.29, 0.717) is 0 Å². The molecule has 0 aromatic carbocycles. The summed E-state index contributed by atoms with van der Waals surface area (Å²) in [5.74, 6) is 0.204. The quantitative estimate of drug-likeness (QED) is 0.592. The maximum absolute atomic E-state index is 11.9. The summed E-state index contributed by atoms with van der Waals surface area (Å²) in [6.45, 7) is 4.44. The lowest BCUT2D eigenvalue weighted by Crippen LogP contribution is -2.50. The van der Waals surface area contributed by atoms with Gasteiger partial charge in [0.25, 0.3) is 5.91 Å². The van der Waals surface area contributed by atoms with Gasteiger partial charge in [-0.15, -0.1) is 0 Å². The van der Waals surface area contributed by atoms with Gasteiger partial charge in [0.05, 0.1) is 0 Å². The lowest BCUT2D eigenvalue weighted by Gasteiger charge is -2.33. The van der Waals surface area contributed by atoms with E-state index in [2.05, 4.69) is 11.9 Å². The molecule has 0 unspecified atom stereocenters. The van der Waals surface area contributed by atoms with Gasteiger partial charge in [-0.25, -0.2) is 0 Å². The van der Waals surface area contributed by atoms with Gasteiger partial charge >= 0.3 is 0 Å². The maximum atomic E-state index is 11.9. The fourth-order valence-corrected chi connectivity index (χ4v) is 2.00.